The number of rotatable bonds is 6. The van der Waals surface area contributed by atoms with Gasteiger partial charge < -0.3 is 14.2 Å². The van der Waals surface area contributed by atoms with E-state index < -0.39 is 23.7 Å². The van der Waals surface area contributed by atoms with Gasteiger partial charge in [0.2, 0.25) is 0 Å². The van der Waals surface area contributed by atoms with E-state index in [0.717, 1.165) is 12.1 Å². The third-order valence-corrected chi connectivity index (χ3v) is 2.46. The van der Waals surface area contributed by atoms with Crippen molar-refractivity contribution in [2.24, 2.45) is 0 Å². The van der Waals surface area contributed by atoms with Crippen LogP contribution in [0.1, 0.15) is 29.3 Å². The highest BCUT2D eigenvalue weighted by Crippen LogP contribution is 2.36. The first-order chi connectivity index (χ1) is 9.46. The molecule has 1 aromatic rings. The first-order valence-corrected chi connectivity index (χ1v) is 5.71. The predicted octanol–water partition coefficient (Wildman–Crippen LogP) is 2.39. The van der Waals surface area contributed by atoms with E-state index in [1.54, 1.807) is 0 Å². The van der Waals surface area contributed by atoms with Crippen molar-refractivity contribution in [3.63, 3.8) is 0 Å². The lowest BCUT2D eigenvalue weighted by atomic mass is 10.0. The minimum atomic E-state index is -2.82. The third-order valence-electron chi connectivity index (χ3n) is 2.46. The molecule has 7 heteroatoms. The smallest absolute Gasteiger partial charge is 0.379 e. The standard InChI is InChI=1S/C13H14F2O5/c1-4-20-13(17)10(16)8-5-7(12(14)15)6-9(18-2)11(8)19-3/h5-6,12H,4H2,1-3H3. The number of benzene rings is 1. The van der Waals surface area contributed by atoms with E-state index in [1.165, 1.54) is 21.1 Å². The lowest BCUT2D eigenvalue weighted by molar-refractivity contribution is -0.137. The molecule has 110 valence electrons. The van der Waals surface area contributed by atoms with Crippen molar-refractivity contribution < 1.29 is 32.6 Å². The molecule has 0 aliphatic heterocycles. The third kappa shape index (κ3) is 3.23. The fourth-order valence-electron chi connectivity index (χ4n) is 1.59. The van der Waals surface area contributed by atoms with Gasteiger partial charge in [0.25, 0.3) is 12.2 Å². The van der Waals surface area contributed by atoms with Gasteiger partial charge in [-0.05, 0) is 19.1 Å². The topological polar surface area (TPSA) is 61.8 Å². The molecule has 0 atom stereocenters. The van der Waals surface area contributed by atoms with Gasteiger partial charge in [-0.3, -0.25) is 4.79 Å². The molecule has 1 aromatic carbocycles. The second-order valence-corrected chi connectivity index (χ2v) is 3.65. The Bertz CT molecular complexity index is 514. The first-order valence-electron chi connectivity index (χ1n) is 5.71. The van der Waals surface area contributed by atoms with Crippen molar-refractivity contribution >= 4 is 11.8 Å². The largest absolute Gasteiger partial charge is 0.493 e. The number of esters is 1. The summed E-state index contributed by atoms with van der Waals surface area (Å²) in [5.74, 6) is -2.35. The summed E-state index contributed by atoms with van der Waals surface area (Å²) in [5, 5.41) is 0. The summed E-state index contributed by atoms with van der Waals surface area (Å²) in [6.07, 6.45) is -2.82. The number of hydrogen-bond acceptors (Lipinski definition) is 5. The summed E-state index contributed by atoms with van der Waals surface area (Å²) >= 11 is 0. The Morgan fingerprint density at radius 3 is 2.30 bits per heavy atom. The molecule has 0 amide bonds. The number of carbonyl (C=O) groups is 2. The van der Waals surface area contributed by atoms with Gasteiger partial charge in [-0.25, -0.2) is 13.6 Å². The van der Waals surface area contributed by atoms with E-state index in [2.05, 4.69) is 4.74 Å². The molecule has 0 heterocycles. The predicted molar refractivity (Wildman–Crippen MR) is 65.5 cm³/mol. The summed E-state index contributed by atoms with van der Waals surface area (Å²) < 4.78 is 40.0. The van der Waals surface area contributed by atoms with Gasteiger partial charge in [-0.2, -0.15) is 0 Å². The van der Waals surface area contributed by atoms with Crippen LogP contribution in [0.25, 0.3) is 0 Å². The van der Waals surface area contributed by atoms with Crippen molar-refractivity contribution in [3.05, 3.63) is 23.3 Å². The second kappa shape index (κ2) is 6.83. The number of carbonyl (C=O) groups excluding carboxylic acids is 2. The summed E-state index contributed by atoms with van der Waals surface area (Å²) in [6, 6.07) is 1.94. The molecule has 1 rings (SSSR count). The number of ketones is 1. The minimum Gasteiger partial charge on any atom is -0.493 e. The highest BCUT2D eigenvalue weighted by molar-refractivity contribution is 6.41. The fraction of sp³-hybridized carbons (Fsp3) is 0.385. The molecule has 0 aromatic heterocycles. The van der Waals surface area contributed by atoms with Crippen molar-refractivity contribution in [2.45, 2.75) is 13.3 Å². The summed E-state index contributed by atoms with van der Waals surface area (Å²) in [7, 11) is 2.48. The molecule has 0 spiro atoms. The van der Waals surface area contributed by atoms with E-state index in [-0.39, 0.29) is 23.7 Å². The molecule has 5 nitrogen and oxygen atoms in total. The van der Waals surface area contributed by atoms with Crippen molar-refractivity contribution in [2.75, 3.05) is 20.8 Å². The van der Waals surface area contributed by atoms with Crippen LogP contribution in [-0.4, -0.2) is 32.6 Å². The SMILES string of the molecule is CCOC(=O)C(=O)c1cc(C(F)F)cc(OC)c1OC. The maximum Gasteiger partial charge on any atom is 0.379 e. The fourth-order valence-corrected chi connectivity index (χ4v) is 1.59. The Labute approximate surface area is 114 Å². The van der Waals surface area contributed by atoms with Crippen molar-refractivity contribution in [1.82, 2.24) is 0 Å². The average Bonchev–Trinajstić information content (AvgIpc) is 2.44. The number of hydrogen-bond donors (Lipinski definition) is 0. The van der Waals surface area contributed by atoms with E-state index in [9.17, 15) is 18.4 Å². The molecule has 0 bridgehead atoms. The van der Waals surface area contributed by atoms with Gasteiger partial charge in [0, 0.05) is 5.56 Å². The highest BCUT2D eigenvalue weighted by Gasteiger charge is 2.26. The summed E-state index contributed by atoms with van der Waals surface area (Å²) in [5.41, 5.74) is -0.768. The second-order valence-electron chi connectivity index (χ2n) is 3.65. The molecule has 20 heavy (non-hydrogen) atoms. The lowest BCUT2D eigenvalue weighted by Crippen LogP contribution is -2.19. The molecular formula is C13H14F2O5. The molecule has 0 radical (unpaired) electrons. The highest BCUT2D eigenvalue weighted by atomic mass is 19.3. The van der Waals surface area contributed by atoms with Crippen LogP contribution in [-0.2, 0) is 9.53 Å². The van der Waals surface area contributed by atoms with Crippen LogP contribution in [0.15, 0.2) is 12.1 Å². The number of alkyl halides is 2. The normalized spacial score (nSPS) is 10.3. The minimum absolute atomic E-state index is 0.00143. The zero-order chi connectivity index (χ0) is 15.3. The van der Waals surface area contributed by atoms with Crippen LogP contribution in [0.5, 0.6) is 11.5 Å². The van der Waals surface area contributed by atoms with E-state index in [4.69, 9.17) is 9.47 Å². The summed E-state index contributed by atoms with van der Waals surface area (Å²) in [6.45, 7) is 1.52. The van der Waals surface area contributed by atoms with Crippen LogP contribution >= 0.6 is 0 Å². The lowest BCUT2D eigenvalue weighted by Gasteiger charge is -2.13. The monoisotopic (exact) mass is 288 g/mol. The number of Topliss-reactive ketones (excluding diaryl/α,β-unsaturated/α-hetero) is 1. The molecule has 0 aliphatic carbocycles. The van der Waals surface area contributed by atoms with Crippen molar-refractivity contribution in [3.8, 4) is 11.5 Å². The van der Waals surface area contributed by atoms with E-state index >= 15 is 0 Å². The maximum atomic E-state index is 12.8. The van der Waals surface area contributed by atoms with Gasteiger partial charge in [0.1, 0.15) is 0 Å². The van der Waals surface area contributed by atoms with Crippen LogP contribution in [0.2, 0.25) is 0 Å². The number of methoxy groups -OCH3 is 2. The average molecular weight is 288 g/mol. The first kappa shape index (κ1) is 15.9. The Balaban J connectivity index is 3.38. The van der Waals surface area contributed by atoms with Crippen LogP contribution < -0.4 is 9.47 Å². The van der Waals surface area contributed by atoms with Crippen LogP contribution in [0.3, 0.4) is 0 Å². The van der Waals surface area contributed by atoms with Gasteiger partial charge in [0.15, 0.2) is 11.5 Å². The quantitative estimate of drug-likeness (QED) is 0.457. The molecule has 0 saturated heterocycles. The number of ether oxygens (including phenoxy) is 3. The van der Waals surface area contributed by atoms with E-state index in [1.807, 2.05) is 0 Å². The molecule has 0 fully saturated rings. The number of halogens is 2. The summed E-state index contributed by atoms with van der Waals surface area (Å²) in [4.78, 5) is 23.3. The zero-order valence-corrected chi connectivity index (χ0v) is 11.2. The van der Waals surface area contributed by atoms with Crippen LogP contribution in [0, 0.1) is 0 Å². The van der Waals surface area contributed by atoms with E-state index in [0.29, 0.717) is 0 Å². The molecule has 0 N–H and O–H groups in total. The molecule has 0 aliphatic rings. The Hall–Kier alpha value is -2.18. The van der Waals surface area contributed by atoms with Crippen LogP contribution in [0.4, 0.5) is 8.78 Å². The Morgan fingerprint density at radius 2 is 1.85 bits per heavy atom. The van der Waals surface area contributed by atoms with Gasteiger partial charge in [-0.1, -0.05) is 0 Å². The Kier molecular flexibility index (Phi) is 5.42. The molecule has 0 unspecified atom stereocenters. The van der Waals surface area contributed by atoms with Crippen molar-refractivity contribution in [1.29, 1.82) is 0 Å². The van der Waals surface area contributed by atoms with Gasteiger partial charge in [-0.15, -0.1) is 0 Å². The van der Waals surface area contributed by atoms with Gasteiger partial charge in [0.05, 0.1) is 26.4 Å². The van der Waals surface area contributed by atoms with Gasteiger partial charge >= 0.3 is 5.97 Å². The Morgan fingerprint density at radius 1 is 1.20 bits per heavy atom. The maximum absolute atomic E-state index is 12.8. The zero-order valence-electron chi connectivity index (χ0n) is 11.2. The molecule has 0 saturated carbocycles. The molecular weight excluding hydrogens is 274 g/mol.